The predicted molar refractivity (Wildman–Crippen MR) is 63.6 cm³/mol. The Morgan fingerprint density at radius 1 is 1.40 bits per heavy atom. The summed E-state index contributed by atoms with van der Waals surface area (Å²) in [7, 11) is 0. The summed E-state index contributed by atoms with van der Waals surface area (Å²) in [5, 5.41) is 3.23. The largest absolute Gasteiger partial charge is 0.313 e. The smallest absolute Gasteiger partial charge is 0.144 e. The van der Waals surface area contributed by atoms with E-state index in [9.17, 15) is 4.39 Å². The molecule has 3 heteroatoms. The molecule has 1 nitrogen and oxygen atoms in total. The quantitative estimate of drug-likeness (QED) is 0.774. The highest BCUT2D eigenvalue weighted by atomic mass is 32.2. The lowest BCUT2D eigenvalue weighted by Crippen LogP contribution is -2.20. The van der Waals surface area contributed by atoms with Gasteiger partial charge in [-0.2, -0.15) is 0 Å². The molecule has 0 saturated heterocycles. The first-order chi connectivity index (χ1) is 7.33. The van der Waals surface area contributed by atoms with Gasteiger partial charge < -0.3 is 5.32 Å². The van der Waals surface area contributed by atoms with Gasteiger partial charge in [0, 0.05) is 17.0 Å². The normalized spacial score (nSPS) is 16.3. The summed E-state index contributed by atoms with van der Waals surface area (Å²) in [6, 6.07) is 5.62. The van der Waals surface area contributed by atoms with Crippen LogP contribution in [-0.4, -0.2) is 19.3 Å². The first kappa shape index (κ1) is 10.7. The zero-order chi connectivity index (χ0) is 10.7. The topological polar surface area (TPSA) is 12.0 Å². The highest BCUT2D eigenvalue weighted by Gasteiger charge is 2.12. The molecule has 1 heterocycles. The van der Waals surface area contributed by atoms with Gasteiger partial charge in [0.2, 0.25) is 0 Å². The Hall–Kier alpha value is -0.800. The van der Waals surface area contributed by atoms with Crippen LogP contribution in [0, 0.1) is 5.82 Å². The molecule has 0 saturated carbocycles. The Labute approximate surface area is 93.8 Å². The summed E-state index contributed by atoms with van der Waals surface area (Å²) < 4.78 is 14.0. The predicted octanol–water partition coefficient (Wildman–Crippen LogP) is 2.92. The third kappa shape index (κ3) is 2.24. The van der Waals surface area contributed by atoms with Crippen LogP contribution < -0.4 is 5.32 Å². The molecule has 15 heavy (non-hydrogen) atoms. The van der Waals surface area contributed by atoms with E-state index in [0.717, 1.165) is 35.5 Å². The lowest BCUT2D eigenvalue weighted by Gasteiger charge is -2.15. The molecule has 1 aliphatic rings. The number of benzene rings is 1. The summed E-state index contributed by atoms with van der Waals surface area (Å²) in [5.41, 5.74) is 1.89. The van der Waals surface area contributed by atoms with Gasteiger partial charge in [-0.05, 0) is 30.9 Å². The monoisotopic (exact) mass is 223 g/mol. The fourth-order valence-corrected chi connectivity index (χ4v) is 2.29. The second-order valence-electron chi connectivity index (χ2n) is 3.51. The lowest BCUT2D eigenvalue weighted by atomic mass is 10.00. The van der Waals surface area contributed by atoms with Crippen molar-refractivity contribution in [3.63, 3.8) is 0 Å². The fourth-order valence-electron chi connectivity index (χ4n) is 1.78. The Balaban J connectivity index is 2.39. The van der Waals surface area contributed by atoms with E-state index in [1.807, 2.05) is 24.5 Å². The van der Waals surface area contributed by atoms with Gasteiger partial charge in [-0.15, -0.1) is 11.8 Å². The van der Waals surface area contributed by atoms with E-state index in [0.29, 0.717) is 0 Å². The molecule has 0 aliphatic carbocycles. The van der Waals surface area contributed by atoms with Crippen molar-refractivity contribution < 1.29 is 4.39 Å². The van der Waals surface area contributed by atoms with Gasteiger partial charge in [-0.1, -0.05) is 18.2 Å². The van der Waals surface area contributed by atoms with Crippen molar-refractivity contribution in [2.45, 2.75) is 11.3 Å². The Bertz CT molecular complexity index is 387. The molecule has 0 spiro atoms. The van der Waals surface area contributed by atoms with Crippen molar-refractivity contribution in [3.05, 3.63) is 35.7 Å². The maximum Gasteiger partial charge on any atom is 0.144 e. The molecule has 0 bridgehead atoms. The minimum atomic E-state index is -0.0712. The molecule has 0 fully saturated rings. The molecule has 80 valence electrons. The second-order valence-corrected chi connectivity index (χ2v) is 4.35. The fraction of sp³-hybridized carbons (Fsp3) is 0.333. The number of halogens is 1. The van der Waals surface area contributed by atoms with Crippen molar-refractivity contribution in [1.29, 1.82) is 0 Å². The van der Waals surface area contributed by atoms with Crippen LogP contribution in [-0.2, 0) is 0 Å². The number of nitrogens with one attached hydrogen (secondary N) is 1. The van der Waals surface area contributed by atoms with E-state index in [-0.39, 0.29) is 5.82 Å². The van der Waals surface area contributed by atoms with Crippen LogP contribution in [0.1, 0.15) is 12.0 Å². The molecule has 0 unspecified atom stereocenters. The molecule has 1 aromatic carbocycles. The number of hydrogen-bond acceptors (Lipinski definition) is 2. The minimum absolute atomic E-state index is 0.0712. The van der Waals surface area contributed by atoms with Crippen molar-refractivity contribution >= 4 is 17.3 Å². The summed E-state index contributed by atoms with van der Waals surface area (Å²) in [4.78, 5) is 0.729. The molecule has 0 aromatic heterocycles. The van der Waals surface area contributed by atoms with Crippen molar-refractivity contribution in [3.8, 4) is 0 Å². The summed E-state index contributed by atoms with van der Waals surface area (Å²) in [6.45, 7) is 1.78. The number of hydrogen-bond donors (Lipinski definition) is 1. The maximum absolute atomic E-state index is 14.0. The van der Waals surface area contributed by atoms with E-state index in [1.54, 1.807) is 0 Å². The number of rotatable bonds is 2. The second kappa shape index (κ2) is 4.81. The molecule has 0 radical (unpaired) electrons. The molecule has 0 atom stereocenters. The number of thioether (sulfide) groups is 1. The first-order valence-electron chi connectivity index (χ1n) is 5.05. The molecule has 1 aliphatic heterocycles. The molecule has 0 amide bonds. The Kier molecular flexibility index (Phi) is 3.44. The van der Waals surface area contributed by atoms with Crippen molar-refractivity contribution in [2.24, 2.45) is 0 Å². The summed E-state index contributed by atoms with van der Waals surface area (Å²) >= 11 is 1.46. The van der Waals surface area contributed by atoms with E-state index in [2.05, 4.69) is 11.4 Å². The zero-order valence-corrected chi connectivity index (χ0v) is 9.53. The summed E-state index contributed by atoms with van der Waals surface area (Å²) in [5.74, 6) is -0.0712. The van der Waals surface area contributed by atoms with Crippen LogP contribution in [0.3, 0.4) is 0 Å². The van der Waals surface area contributed by atoms with Gasteiger partial charge in [-0.25, -0.2) is 4.39 Å². The van der Waals surface area contributed by atoms with Gasteiger partial charge >= 0.3 is 0 Å². The van der Waals surface area contributed by atoms with Crippen LogP contribution in [0.2, 0.25) is 0 Å². The lowest BCUT2D eigenvalue weighted by molar-refractivity contribution is 0.596. The average Bonchev–Trinajstić information content (AvgIpc) is 2.30. The maximum atomic E-state index is 14.0. The van der Waals surface area contributed by atoms with Crippen LogP contribution in [0.25, 0.3) is 5.57 Å². The SMILES string of the molecule is CSc1cccc(C2=CCNCC2)c1F. The third-order valence-electron chi connectivity index (χ3n) is 2.59. The molecule has 1 aromatic rings. The average molecular weight is 223 g/mol. The highest BCUT2D eigenvalue weighted by molar-refractivity contribution is 7.98. The molecule has 1 N–H and O–H groups in total. The van der Waals surface area contributed by atoms with Crippen LogP contribution in [0.4, 0.5) is 4.39 Å². The van der Waals surface area contributed by atoms with Crippen molar-refractivity contribution in [1.82, 2.24) is 5.32 Å². The summed E-state index contributed by atoms with van der Waals surface area (Å²) in [6.07, 6.45) is 4.89. The van der Waals surface area contributed by atoms with E-state index in [4.69, 9.17) is 0 Å². The first-order valence-corrected chi connectivity index (χ1v) is 6.28. The van der Waals surface area contributed by atoms with Gasteiger partial charge in [0.25, 0.3) is 0 Å². The van der Waals surface area contributed by atoms with E-state index >= 15 is 0 Å². The van der Waals surface area contributed by atoms with Crippen LogP contribution in [0.5, 0.6) is 0 Å². The molecular formula is C12H14FNS. The highest BCUT2D eigenvalue weighted by Crippen LogP contribution is 2.28. The van der Waals surface area contributed by atoms with Gasteiger partial charge in [0.15, 0.2) is 0 Å². The molecular weight excluding hydrogens is 209 g/mol. The van der Waals surface area contributed by atoms with Crippen molar-refractivity contribution in [2.75, 3.05) is 19.3 Å². The van der Waals surface area contributed by atoms with Crippen LogP contribution >= 0.6 is 11.8 Å². The van der Waals surface area contributed by atoms with Crippen LogP contribution in [0.15, 0.2) is 29.2 Å². The van der Waals surface area contributed by atoms with Gasteiger partial charge in [-0.3, -0.25) is 0 Å². The van der Waals surface area contributed by atoms with E-state index in [1.165, 1.54) is 11.8 Å². The standard InChI is InChI=1S/C12H14FNS/c1-15-11-4-2-3-10(12(11)13)9-5-7-14-8-6-9/h2-5,14H,6-8H2,1H3. The zero-order valence-electron chi connectivity index (χ0n) is 8.72. The van der Waals surface area contributed by atoms with E-state index < -0.39 is 0 Å². The Morgan fingerprint density at radius 3 is 2.93 bits per heavy atom. The minimum Gasteiger partial charge on any atom is -0.313 e. The molecule has 2 rings (SSSR count). The third-order valence-corrected chi connectivity index (χ3v) is 3.35. The van der Waals surface area contributed by atoms with Gasteiger partial charge in [0.05, 0.1) is 0 Å². The van der Waals surface area contributed by atoms with Gasteiger partial charge in [0.1, 0.15) is 5.82 Å². The Morgan fingerprint density at radius 2 is 2.27 bits per heavy atom.